The minimum Gasteiger partial charge on any atom is -0.381 e. The molecule has 0 bridgehead atoms. The van der Waals surface area contributed by atoms with Crippen molar-refractivity contribution in [3.05, 3.63) is 6.20 Å². The number of alkyl halides is 2. The van der Waals surface area contributed by atoms with Crippen molar-refractivity contribution in [2.45, 2.75) is 11.3 Å². The molecular weight excluding hydrogens is 270 g/mol. The molecule has 0 aliphatic carbocycles. The van der Waals surface area contributed by atoms with Gasteiger partial charge >= 0.3 is 0 Å². The number of hydrogen-bond acceptors (Lipinski definition) is 5. The quantitative estimate of drug-likeness (QED) is 0.661. The van der Waals surface area contributed by atoms with Crippen LogP contribution in [0.5, 0.6) is 0 Å². The molecule has 10 heteroatoms. The highest BCUT2D eigenvalue weighted by Crippen LogP contribution is 2.14. The molecule has 104 valence electrons. The number of nitrogens with zero attached hydrogens (tertiary/aromatic N) is 2. The van der Waals surface area contributed by atoms with Gasteiger partial charge < -0.3 is 10.5 Å². The van der Waals surface area contributed by atoms with Crippen LogP contribution in [0.1, 0.15) is 0 Å². The summed E-state index contributed by atoms with van der Waals surface area (Å²) in [6, 6.07) is 0. The maximum absolute atomic E-state index is 11.7. The topological polar surface area (TPSA) is 99.2 Å². The van der Waals surface area contributed by atoms with E-state index in [2.05, 4.69) is 14.6 Å². The van der Waals surface area contributed by atoms with Crippen molar-refractivity contribution in [3.63, 3.8) is 0 Å². The molecule has 0 aliphatic heterocycles. The summed E-state index contributed by atoms with van der Waals surface area (Å²) in [5.74, 6) is -0.126. The molecule has 0 radical (unpaired) electrons. The van der Waals surface area contributed by atoms with Crippen LogP contribution < -0.4 is 10.5 Å². The minimum atomic E-state index is -3.80. The number of hydrogen-bond donors (Lipinski definition) is 2. The molecular formula is C8H14F2N4O3S. The van der Waals surface area contributed by atoms with Gasteiger partial charge in [0.25, 0.3) is 6.43 Å². The highest BCUT2D eigenvalue weighted by atomic mass is 32.2. The number of nitrogens with two attached hydrogens (primary N) is 1. The largest absolute Gasteiger partial charge is 0.381 e. The Hall–Kier alpha value is -1.26. The number of aryl methyl sites for hydroxylation is 1. The molecule has 1 aromatic rings. The van der Waals surface area contributed by atoms with Crippen molar-refractivity contribution < 1.29 is 21.9 Å². The Morgan fingerprint density at radius 1 is 1.61 bits per heavy atom. The fourth-order valence-electron chi connectivity index (χ4n) is 1.19. The zero-order chi connectivity index (χ0) is 13.8. The second-order valence-corrected chi connectivity index (χ2v) is 5.15. The number of nitrogens with one attached hydrogen (secondary N) is 1. The van der Waals surface area contributed by atoms with Crippen LogP contribution in [0.4, 0.5) is 14.6 Å². The Labute approximate surface area is 103 Å². The molecule has 18 heavy (non-hydrogen) atoms. The van der Waals surface area contributed by atoms with Gasteiger partial charge in [-0.05, 0) is 0 Å². The molecule has 1 heterocycles. The third-order valence-corrected chi connectivity index (χ3v) is 3.37. The molecule has 0 aromatic carbocycles. The number of rotatable bonds is 7. The normalized spacial score (nSPS) is 12.2. The van der Waals surface area contributed by atoms with Gasteiger partial charge in [0.2, 0.25) is 10.0 Å². The molecule has 0 saturated heterocycles. The van der Waals surface area contributed by atoms with E-state index in [-0.39, 0.29) is 23.9 Å². The van der Waals surface area contributed by atoms with Crippen LogP contribution in [-0.2, 0) is 21.8 Å². The van der Waals surface area contributed by atoms with Gasteiger partial charge in [-0.1, -0.05) is 0 Å². The molecule has 0 saturated carbocycles. The monoisotopic (exact) mass is 284 g/mol. The van der Waals surface area contributed by atoms with Crippen LogP contribution in [0.2, 0.25) is 0 Å². The first kappa shape index (κ1) is 14.8. The van der Waals surface area contributed by atoms with E-state index in [0.29, 0.717) is 0 Å². The van der Waals surface area contributed by atoms with Gasteiger partial charge in [-0.2, -0.15) is 5.10 Å². The second kappa shape index (κ2) is 6.07. The number of ether oxygens (including phenoxy) is 1. The van der Waals surface area contributed by atoms with Crippen LogP contribution in [0.15, 0.2) is 11.1 Å². The minimum absolute atomic E-state index is 0.122. The van der Waals surface area contributed by atoms with Gasteiger partial charge in [0.1, 0.15) is 11.5 Å². The molecule has 0 unspecified atom stereocenters. The number of nitrogen functional groups attached to an aromatic ring is 1. The van der Waals surface area contributed by atoms with Crippen LogP contribution in [-0.4, -0.2) is 44.4 Å². The Balaban J connectivity index is 2.48. The van der Waals surface area contributed by atoms with Gasteiger partial charge in [0, 0.05) is 19.8 Å². The lowest BCUT2D eigenvalue weighted by Crippen LogP contribution is -2.28. The molecule has 0 fully saturated rings. The highest BCUT2D eigenvalue weighted by molar-refractivity contribution is 7.89. The number of aromatic nitrogens is 2. The highest BCUT2D eigenvalue weighted by Gasteiger charge is 2.19. The maximum Gasteiger partial charge on any atom is 0.261 e. The lowest BCUT2D eigenvalue weighted by atomic mass is 10.7. The van der Waals surface area contributed by atoms with E-state index in [0.717, 1.165) is 0 Å². The molecule has 1 aromatic heterocycles. The average Bonchev–Trinajstić information content (AvgIpc) is 2.57. The predicted molar refractivity (Wildman–Crippen MR) is 59.6 cm³/mol. The van der Waals surface area contributed by atoms with Crippen molar-refractivity contribution in [1.29, 1.82) is 0 Å². The fraction of sp³-hybridized carbons (Fsp3) is 0.625. The molecule has 3 N–H and O–H groups in total. The third kappa shape index (κ3) is 4.20. The van der Waals surface area contributed by atoms with E-state index in [1.165, 1.54) is 17.9 Å². The molecule has 0 spiro atoms. The van der Waals surface area contributed by atoms with Gasteiger partial charge in [0.15, 0.2) is 5.82 Å². The number of anilines is 1. The van der Waals surface area contributed by atoms with E-state index < -0.39 is 23.1 Å². The molecule has 0 atom stereocenters. The van der Waals surface area contributed by atoms with Crippen LogP contribution in [0.25, 0.3) is 0 Å². The Bertz CT molecular complexity index is 489. The van der Waals surface area contributed by atoms with E-state index in [1.54, 1.807) is 0 Å². The summed E-state index contributed by atoms with van der Waals surface area (Å²) < 4.78 is 54.8. The SMILES string of the molecule is Cn1cc(S(=O)(=O)NCCOCC(F)F)c(N)n1. The summed E-state index contributed by atoms with van der Waals surface area (Å²) in [4.78, 5) is -0.154. The van der Waals surface area contributed by atoms with Crippen molar-refractivity contribution in [1.82, 2.24) is 14.5 Å². The first-order chi connectivity index (χ1) is 8.33. The first-order valence-electron chi connectivity index (χ1n) is 4.97. The van der Waals surface area contributed by atoms with E-state index in [1.807, 2.05) is 0 Å². The Morgan fingerprint density at radius 2 is 2.28 bits per heavy atom. The van der Waals surface area contributed by atoms with Crippen molar-refractivity contribution >= 4 is 15.8 Å². The van der Waals surface area contributed by atoms with Crippen LogP contribution >= 0.6 is 0 Å². The summed E-state index contributed by atoms with van der Waals surface area (Å²) in [5, 5.41) is 3.69. The molecule has 0 amide bonds. The predicted octanol–water partition coefficient (Wildman–Crippen LogP) is -0.438. The average molecular weight is 284 g/mol. The Morgan fingerprint density at radius 3 is 2.78 bits per heavy atom. The maximum atomic E-state index is 11.7. The second-order valence-electron chi connectivity index (χ2n) is 3.42. The lowest BCUT2D eigenvalue weighted by molar-refractivity contribution is 0.0199. The zero-order valence-corrected chi connectivity index (χ0v) is 10.5. The van der Waals surface area contributed by atoms with Gasteiger partial charge in [-0.3, -0.25) is 4.68 Å². The Kier molecular flexibility index (Phi) is 4.99. The molecule has 0 aliphatic rings. The molecule has 7 nitrogen and oxygen atoms in total. The van der Waals surface area contributed by atoms with E-state index >= 15 is 0 Å². The van der Waals surface area contributed by atoms with Crippen LogP contribution in [0, 0.1) is 0 Å². The number of halogens is 2. The van der Waals surface area contributed by atoms with Crippen molar-refractivity contribution in [3.8, 4) is 0 Å². The summed E-state index contributed by atoms with van der Waals surface area (Å²) in [6.45, 7) is -0.996. The van der Waals surface area contributed by atoms with Gasteiger partial charge in [-0.15, -0.1) is 0 Å². The number of sulfonamides is 1. The summed E-state index contributed by atoms with van der Waals surface area (Å²) in [7, 11) is -2.27. The standard InChI is InChI=1S/C8H14F2N4O3S/c1-14-4-6(8(11)13-14)18(15,16)12-2-3-17-5-7(9)10/h4,7,12H,2-3,5H2,1H3,(H2,11,13). The first-order valence-corrected chi connectivity index (χ1v) is 6.46. The van der Waals surface area contributed by atoms with Crippen molar-refractivity contribution in [2.24, 2.45) is 7.05 Å². The van der Waals surface area contributed by atoms with E-state index in [4.69, 9.17) is 5.73 Å². The smallest absolute Gasteiger partial charge is 0.261 e. The van der Waals surface area contributed by atoms with Crippen LogP contribution in [0.3, 0.4) is 0 Å². The van der Waals surface area contributed by atoms with Gasteiger partial charge in [0.05, 0.1) is 6.61 Å². The lowest BCUT2D eigenvalue weighted by Gasteiger charge is -2.06. The summed E-state index contributed by atoms with van der Waals surface area (Å²) in [5.41, 5.74) is 5.42. The van der Waals surface area contributed by atoms with Crippen molar-refractivity contribution in [2.75, 3.05) is 25.5 Å². The molecule has 1 rings (SSSR count). The summed E-state index contributed by atoms with van der Waals surface area (Å²) in [6.07, 6.45) is -1.33. The summed E-state index contributed by atoms with van der Waals surface area (Å²) >= 11 is 0. The third-order valence-electron chi connectivity index (χ3n) is 1.89. The van der Waals surface area contributed by atoms with E-state index in [9.17, 15) is 17.2 Å². The van der Waals surface area contributed by atoms with Gasteiger partial charge in [-0.25, -0.2) is 21.9 Å². The fourth-order valence-corrected chi connectivity index (χ4v) is 2.30. The zero-order valence-electron chi connectivity index (χ0n) is 9.64.